The minimum absolute atomic E-state index is 0.240. The predicted molar refractivity (Wildman–Crippen MR) is 58.0 cm³/mol. The van der Waals surface area contributed by atoms with Crippen molar-refractivity contribution >= 4 is 11.6 Å². The van der Waals surface area contributed by atoms with Crippen LogP contribution in [-0.2, 0) is 0 Å². The number of pyridine rings is 1. The summed E-state index contributed by atoms with van der Waals surface area (Å²) in [7, 11) is 3.58. The number of allylic oxidation sites excluding steroid dienone is 1. The monoisotopic (exact) mass is 221 g/mol. The van der Waals surface area contributed by atoms with E-state index >= 15 is 0 Å². The number of carbonyl (C=O) groups excluding carboxylic acids is 1. The average Bonchev–Trinajstić information content (AvgIpc) is 2.26. The predicted octanol–water partition coefficient (Wildman–Crippen LogP) is 1.25. The molecule has 0 saturated heterocycles. The van der Waals surface area contributed by atoms with Crippen molar-refractivity contribution < 1.29 is 9.72 Å². The Bertz CT molecular complexity index is 423. The molecule has 0 unspecified atom stereocenters. The second kappa shape index (κ2) is 5.01. The maximum Gasteiger partial charge on any atom is 0.363 e. The van der Waals surface area contributed by atoms with Gasteiger partial charge in [-0.05, 0) is 16.0 Å². The highest BCUT2D eigenvalue weighted by Gasteiger charge is 2.09. The van der Waals surface area contributed by atoms with Crippen LogP contribution in [0.15, 0.2) is 30.6 Å². The lowest BCUT2D eigenvalue weighted by molar-refractivity contribution is -0.389. The van der Waals surface area contributed by atoms with Crippen molar-refractivity contribution in [2.24, 2.45) is 0 Å². The van der Waals surface area contributed by atoms with Crippen molar-refractivity contribution in [2.45, 2.75) is 0 Å². The minimum Gasteiger partial charge on any atom is -0.383 e. The number of aromatic nitrogens is 1. The smallest absolute Gasteiger partial charge is 0.363 e. The van der Waals surface area contributed by atoms with E-state index in [9.17, 15) is 14.9 Å². The van der Waals surface area contributed by atoms with E-state index in [1.807, 2.05) is 0 Å². The molecule has 1 aromatic rings. The number of nitrogens with zero attached hydrogens (tertiary/aromatic N) is 3. The molecule has 0 aliphatic carbocycles. The van der Waals surface area contributed by atoms with E-state index < -0.39 is 4.92 Å². The van der Waals surface area contributed by atoms with Gasteiger partial charge in [-0.15, -0.1) is 0 Å². The molecule has 1 rings (SSSR count). The van der Waals surface area contributed by atoms with Crippen molar-refractivity contribution in [1.29, 1.82) is 0 Å². The molecular weight excluding hydrogens is 210 g/mol. The number of ketones is 1. The van der Waals surface area contributed by atoms with Crippen molar-refractivity contribution in [1.82, 2.24) is 9.88 Å². The maximum absolute atomic E-state index is 11.5. The second-order valence-corrected chi connectivity index (χ2v) is 3.31. The fraction of sp³-hybridized carbons (Fsp3) is 0.200. The Balaban J connectivity index is 2.82. The Hall–Kier alpha value is -2.24. The zero-order chi connectivity index (χ0) is 12.1. The number of hydrogen-bond acceptors (Lipinski definition) is 5. The molecule has 1 aromatic heterocycles. The molecule has 16 heavy (non-hydrogen) atoms. The van der Waals surface area contributed by atoms with Crippen LogP contribution in [0.2, 0.25) is 0 Å². The van der Waals surface area contributed by atoms with E-state index in [0.29, 0.717) is 5.56 Å². The summed E-state index contributed by atoms with van der Waals surface area (Å²) < 4.78 is 0. The van der Waals surface area contributed by atoms with Crippen LogP contribution >= 0.6 is 0 Å². The van der Waals surface area contributed by atoms with Crippen molar-refractivity contribution in [2.75, 3.05) is 14.1 Å². The van der Waals surface area contributed by atoms with E-state index in [1.54, 1.807) is 25.2 Å². The van der Waals surface area contributed by atoms with E-state index in [4.69, 9.17) is 0 Å². The van der Waals surface area contributed by atoms with Crippen LogP contribution in [-0.4, -0.2) is 34.7 Å². The molecule has 0 saturated carbocycles. The van der Waals surface area contributed by atoms with E-state index in [2.05, 4.69) is 4.98 Å². The first-order valence-corrected chi connectivity index (χ1v) is 4.50. The van der Waals surface area contributed by atoms with Crippen LogP contribution in [0.25, 0.3) is 0 Å². The molecule has 84 valence electrons. The van der Waals surface area contributed by atoms with E-state index in [1.165, 1.54) is 24.4 Å². The SMILES string of the molecule is CN(C)C=CC(=O)c1ccc([N+](=O)[O-])nc1. The van der Waals surface area contributed by atoms with Crippen molar-refractivity contribution in [3.05, 3.63) is 46.3 Å². The molecule has 0 amide bonds. The number of carbonyl (C=O) groups is 1. The highest BCUT2D eigenvalue weighted by Crippen LogP contribution is 2.08. The topological polar surface area (TPSA) is 76.3 Å². The molecule has 0 fully saturated rings. The minimum atomic E-state index is -0.607. The fourth-order valence-electron chi connectivity index (χ4n) is 0.953. The Morgan fingerprint density at radius 2 is 2.19 bits per heavy atom. The average molecular weight is 221 g/mol. The molecule has 0 atom stereocenters. The Labute approximate surface area is 92.4 Å². The van der Waals surface area contributed by atoms with E-state index in [-0.39, 0.29) is 11.6 Å². The van der Waals surface area contributed by atoms with Gasteiger partial charge in [0.25, 0.3) is 0 Å². The molecule has 0 aromatic carbocycles. The van der Waals surface area contributed by atoms with Gasteiger partial charge in [0.2, 0.25) is 0 Å². The fourth-order valence-corrected chi connectivity index (χ4v) is 0.953. The van der Waals surface area contributed by atoms with Gasteiger partial charge in [-0.1, -0.05) is 0 Å². The van der Waals surface area contributed by atoms with Crippen molar-refractivity contribution in [3.63, 3.8) is 0 Å². The third kappa shape index (κ3) is 3.16. The molecule has 0 spiro atoms. The van der Waals surface area contributed by atoms with E-state index in [0.717, 1.165) is 0 Å². The Kier molecular flexibility index (Phi) is 3.71. The molecule has 0 bridgehead atoms. The Morgan fingerprint density at radius 1 is 1.50 bits per heavy atom. The van der Waals surface area contributed by atoms with Crippen LogP contribution in [0.4, 0.5) is 5.82 Å². The van der Waals surface area contributed by atoms with Crippen LogP contribution in [0, 0.1) is 10.1 Å². The molecule has 6 nitrogen and oxygen atoms in total. The Morgan fingerprint density at radius 3 is 2.62 bits per heavy atom. The summed E-state index contributed by atoms with van der Waals surface area (Å²) in [5.74, 6) is -0.510. The number of rotatable bonds is 4. The highest BCUT2D eigenvalue weighted by atomic mass is 16.6. The first-order chi connectivity index (χ1) is 7.50. The number of nitro groups is 1. The molecular formula is C10H11N3O3. The first kappa shape index (κ1) is 11.8. The van der Waals surface area contributed by atoms with Gasteiger partial charge in [-0.2, -0.15) is 0 Å². The molecule has 6 heteroatoms. The lowest BCUT2D eigenvalue weighted by atomic mass is 10.2. The molecule has 0 N–H and O–H groups in total. The standard InChI is InChI=1S/C10H11N3O3/c1-12(2)6-5-9(14)8-3-4-10(11-7-8)13(15)16/h3-7H,1-2H3. The normalized spacial score (nSPS) is 10.4. The molecule has 0 aliphatic heterocycles. The lowest BCUT2D eigenvalue weighted by Crippen LogP contribution is -2.03. The number of hydrogen-bond donors (Lipinski definition) is 0. The molecule has 0 radical (unpaired) electrons. The zero-order valence-corrected chi connectivity index (χ0v) is 8.95. The summed E-state index contributed by atoms with van der Waals surface area (Å²) in [5, 5.41) is 10.3. The van der Waals surface area contributed by atoms with Gasteiger partial charge in [0.15, 0.2) is 12.0 Å². The van der Waals surface area contributed by atoms with Gasteiger partial charge in [0, 0.05) is 32.4 Å². The van der Waals surface area contributed by atoms with Crippen LogP contribution in [0.3, 0.4) is 0 Å². The highest BCUT2D eigenvalue weighted by molar-refractivity contribution is 6.04. The van der Waals surface area contributed by atoms with Gasteiger partial charge < -0.3 is 15.0 Å². The van der Waals surface area contributed by atoms with Crippen LogP contribution in [0.1, 0.15) is 10.4 Å². The lowest BCUT2D eigenvalue weighted by Gasteiger charge is -2.02. The summed E-state index contributed by atoms with van der Waals surface area (Å²) in [4.78, 5) is 26.5. The van der Waals surface area contributed by atoms with Gasteiger partial charge in [0.05, 0.1) is 5.56 Å². The quantitative estimate of drug-likeness (QED) is 0.331. The third-order valence-electron chi connectivity index (χ3n) is 1.74. The van der Waals surface area contributed by atoms with Crippen LogP contribution in [0.5, 0.6) is 0 Å². The van der Waals surface area contributed by atoms with Gasteiger partial charge in [-0.25, -0.2) is 0 Å². The summed E-state index contributed by atoms with van der Waals surface area (Å²) in [6.45, 7) is 0. The van der Waals surface area contributed by atoms with Crippen molar-refractivity contribution in [3.8, 4) is 0 Å². The molecule has 1 heterocycles. The third-order valence-corrected chi connectivity index (χ3v) is 1.74. The summed E-state index contributed by atoms with van der Waals surface area (Å²) in [5.41, 5.74) is 0.323. The molecule has 0 aliphatic rings. The van der Waals surface area contributed by atoms with Gasteiger partial charge >= 0.3 is 5.82 Å². The summed E-state index contributed by atoms with van der Waals surface area (Å²) in [6.07, 6.45) is 4.17. The van der Waals surface area contributed by atoms with Gasteiger partial charge in [0.1, 0.15) is 0 Å². The van der Waals surface area contributed by atoms with Gasteiger partial charge in [-0.3, -0.25) is 4.79 Å². The second-order valence-electron chi connectivity index (χ2n) is 3.31. The van der Waals surface area contributed by atoms with Crippen LogP contribution < -0.4 is 0 Å². The largest absolute Gasteiger partial charge is 0.383 e. The zero-order valence-electron chi connectivity index (χ0n) is 8.95. The summed E-state index contributed by atoms with van der Waals surface area (Å²) >= 11 is 0. The first-order valence-electron chi connectivity index (χ1n) is 4.50. The summed E-state index contributed by atoms with van der Waals surface area (Å²) in [6, 6.07) is 2.59. The maximum atomic E-state index is 11.5.